The number of halogens is 4. The van der Waals surface area contributed by atoms with Crippen LogP contribution in [0.2, 0.25) is 0 Å². The number of urea groups is 1. The fourth-order valence-corrected chi connectivity index (χ4v) is 11.3. The fraction of sp³-hybridized carbons (Fsp3) is 0.419. The maximum Gasteiger partial charge on any atom is 0.491 e. The van der Waals surface area contributed by atoms with E-state index in [1.54, 1.807) is 57.7 Å². The van der Waals surface area contributed by atoms with Gasteiger partial charge in [-0.1, -0.05) is 55.2 Å². The van der Waals surface area contributed by atoms with Gasteiger partial charge in [-0.3, -0.25) is 9.59 Å². The first kappa shape index (κ1) is 68.5. The SMILES string of the molecule is C#CCOCc1cc(NC(=O)[C@H](CCCNC(N)=O)NC(=O)[C@@H](NC(=O)OC(C)(C)C)C(C)C)ccc1C[N+](C)(C)CC#Cc1ccc(OCCCc2sc(N3CCCc4c3nnc(Nc3nc5ccccc5s3)c4C)nc2C(=O)OC(=O)C(F)(F)F)c(F)c1. The zero-order chi connectivity index (χ0) is 65.5. The quantitative estimate of drug-likeness (QED) is 0.00778. The minimum atomic E-state index is -5.44. The number of amides is 5. The van der Waals surface area contributed by atoms with E-state index in [0.29, 0.717) is 70.5 Å². The number of anilines is 5. The number of benzene rings is 3. The summed E-state index contributed by atoms with van der Waals surface area (Å²) in [4.78, 5) is 87.5. The standard InChI is InChI=1S/C62H70F4N12O10S2/c1-10-30-85-35-40-33-41(69-53(79)45(20-13-27-68-57(67)83)70-54(80)49(36(2)3)73-60(84)88-61(5,6)7)25-24-39(40)34-78(8,9)29-15-17-38-23-26-46(43(63)32-38)86-31-16-22-48-50(55(81)87-56(82)62(64,65)66)72-59(90-48)77-28-14-18-42-37(4)51(75-76-52(42)77)74-58-71-44-19-11-12-21-47(44)89-58/h1,11-12,19,21,23-26,32-33,36,45,49H,13-14,16,18,20,22,27-31,34-35H2,2-9H3,(H6-,67,68,69,70,71,73,74,75,79,80,83,84)/p+1/t45-,49-/m0/s1. The molecule has 3 aromatic carbocycles. The number of nitrogens with two attached hydrogens (primary N) is 1. The Kier molecular flexibility index (Phi) is 23.2. The molecule has 0 spiro atoms. The van der Waals surface area contributed by atoms with Gasteiger partial charge in [0.25, 0.3) is 0 Å². The zero-order valence-electron chi connectivity index (χ0n) is 50.9. The van der Waals surface area contributed by atoms with E-state index in [4.69, 9.17) is 26.4 Å². The summed E-state index contributed by atoms with van der Waals surface area (Å²) >= 11 is 2.46. The van der Waals surface area contributed by atoms with Crippen LogP contribution in [0, 0.1) is 42.8 Å². The number of carbonyl (C=O) groups is 6. The Balaban J connectivity index is 0.982. The van der Waals surface area contributed by atoms with Gasteiger partial charge in [0.05, 0.1) is 37.5 Å². The maximum atomic E-state index is 15.6. The van der Waals surface area contributed by atoms with Gasteiger partial charge in [-0.25, -0.2) is 33.5 Å². The third-order valence-electron chi connectivity index (χ3n) is 13.6. The topological polar surface area (TPSA) is 280 Å². The van der Waals surface area contributed by atoms with Crippen molar-refractivity contribution in [2.75, 3.05) is 62.5 Å². The molecule has 1 aliphatic heterocycles. The van der Waals surface area contributed by atoms with Crippen molar-refractivity contribution in [3.8, 4) is 29.9 Å². The predicted octanol–water partition coefficient (Wildman–Crippen LogP) is 9.27. The molecular formula is C62H71F4N12O10S2+. The molecule has 4 heterocycles. The van der Waals surface area contributed by atoms with Crippen LogP contribution in [0.3, 0.4) is 0 Å². The van der Waals surface area contributed by atoms with Crippen molar-refractivity contribution in [1.29, 1.82) is 0 Å². The average Bonchev–Trinajstić information content (AvgIpc) is 1.72. The Morgan fingerprint density at radius 2 is 1.70 bits per heavy atom. The van der Waals surface area contributed by atoms with Gasteiger partial charge in [0.2, 0.25) is 11.8 Å². The summed E-state index contributed by atoms with van der Waals surface area (Å²) in [5, 5.41) is 23.7. The molecule has 0 radical (unpaired) electrons. The average molecular weight is 1280 g/mol. The number of nitrogens with one attached hydrogen (secondary N) is 5. The van der Waals surface area contributed by atoms with Crippen molar-refractivity contribution < 1.29 is 69.8 Å². The highest BCUT2D eigenvalue weighted by Crippen LogP contribution is 2.40. The van der Waals surface area contributed by atoms with Gasteiger partial charge >= 0.3 is 30.2 Å². The summed E-state index contributed by atoms with van der Waals surface area (Å²) < 4.78 is 77.8. The summed E-state index contributed by atoms with van der Waals surface area (Å²) in [6.07, 6.45) is 1.03. The third kappa shape index (κ3) is 19.5. The third-order valence-corrected chi connectivity index (χ3v) is 15.7. The first-order valence-corrected chi connectivity index (χ1v) is 30.3. The van der Waals surface area contributed by atoms with Crippen LogP contribution in [0.4, 0.5) is 54.7 Å². The molecule has 478 valence electrons. The Bertz CT molecular complexity index is 3690. The van der Waals surface area contributed by atoms with E-state index in [1.807, 2.05) is 51.4 Å². The number of esters is 2. The second kappa shape index (κ2) is 30.5. The maximum absolute atomic E-state index is 15.6. The van der Waals surface area contributed by atoms with Gasteiger partial charge in [-0.15, -0.1) is 28.0 Å². The molecule has 22 nitrogen and oxygen atoms in total. The van der Waals surface area contributed by atoms with Crippen LogP contribution in [0.5, 0.6) is 5.75 Å². The van der Waals surface area contributed by atoms with Crippen LogP contribution in [0.15, 0.2) is 60.7 Å². The molecule has 28 heteroatoms. The van der Waals surface area contributed by atoms with Crippen LogP contribution in [0.25, 0.3) is 10.2 Å². The minimum Gasteiger partial charge on any atom is -0.491 e. The summed E-state index contributed by atoms with van der Waals surface area (Å²) in [6.45, 7) is 11.7. The number of nitrogens with zero attached hydrogens (tertiary/aromatic N) is 6. The van der Waals surface area contributed by atoms with Gasteiger partial charge < -0.3 is 60.6 Å². The van der Waals surface area contributed by atoms with Crippen LogP contribution < -0.4 is 42.0 Å². The van der Waals surface area contributed by atoms with Crippen molar-refractivity contribution in [3.63, 3.8) is 0 Å². The summed E-state index contributed by atoms with van der Waals surface area (Å²) in [5.74, 6) is 2.84. The first-order chi connectivity index (χ1) is 42.6. The van der Waals surface area contributed by atoms with E-state index >= 15 is 4.39 Å². The normalized spacial score (nSPS) is 13.0. The molecule has 0 unspecified atom stereocenters. The van der Waals surface area contributed by atoms with Crippen molar-refractivity contribution in [1.82, 2.24) is 36.1 Å². The number of terminal acetylenes is 1. The van der Waals surface area contributed by atoms with E-state index in [9.17, 15) is 41.9 Å². The smallest absolute Gasteiger partial charge is 0.491 e. The molecule has 6 aromatic rings. The number of alkyl halides is 3. The van der Waals surface area contributed by atoms with Gasteiger partial charge in [0.15, 0.2) is 39.2 Å². The molecule has 0 saturated heterocycles. The molecular weight excluding hydrogens is 1210 g/mol. The highest BCUT2D eigenvalue weighted by molar-refractivity contribution is 7.22. The minimum absolute atomic E-state index is 0.00921. The lowest BCUT2D eigenvalue weighted by atomic mass is 10.0. The molecule has 90 heavy (non-hydrogen) atoms. The van der Waals surface area contributed by atoms with Crippen LogP contribution in [-0.2, 0) is 54.6 Å². The predicted molar refractivity (Wildman–Crippen MR) is 332 cm³/mol. The Morgan fingerprint density at radius 1 is 0.933 bits per heavy atom. The van der Waals surface area contributed by atoms with Gasteiger partial charge in [-0.05, 0) is 126 Å². The Labute approximate surface area is 526 Å². The number of thiazole rings is 2. The molecule has 7 rings (SSSR count). The summed E-state index contributed by atoms with van der Waals surface area (Å²) in [5.41, 5.74) is 8.65. The van der Waals surface area contributed by atoms with Gasteiger partial charge in [0.1, 0.15) is 37.4 Å². The van der Waals surface area contributed by atoms with Crippen molar-refractivity contribution >= 4 is 96.4 Å². The molecule has 2 atom stereocenters. The van der Waals surface area contributed by atoms with E-state index in [-0.39, 0.29) is 73.7 Å². The molecule has 0 fully saturated rings. The number of quaternary nitrogens is 1. The first-order valence-electron chi connectivity index (χ1n) is 28.7. The largest absolute Gasteiger partial charge is 0.491 e. The van der Waals surface area contributed by atoms with Crippen LogP contribution in [-0.4, -0.2) is 131 Å². The van der Waals surface area contributed by atoms with Gasteiger partial charge in [-0.2, -0.15) is 13.2 Å². The number of hydrogen-bond acceptors (Lipinski definition) is 18. The van der Waals surface area contributed by atoms with Crippen molar-refractivity contribution in [2.24, 2.45) is 11.7 Å². The number of fused-ring (bicyclic) bond motifs is 2. The number of ether oxygens (including phenoxy) is 4. The lowest BCUT2D eigenvalue weighted by Crippen LogP contribution is -2.55. The molecule has 0 saturated carbocycles. The summed E-state index contributed by atoms with van der Waals surface area (Å²) in [7, 11) is 3.89. The van der Waals surface area contributed by atoms with E-state index in [0.717, 1.165) is 38.2 Å². The number of carbonyl (C=O) groups excluding carboxylic acids is 6. The molecule has 7 N–H and O–H groups in total. The molecule has 1 aliphatic rings. The van der Waals surface area contributed by atoms with E-state index < -0.39 is 71.2 Å². The lowest BCUT2D eigenvalue weighted by molar-refractivity contribution is -0.896. The molecule has 5 amide bonds. The number of primary amides is 1. The Morgan fingerprint density at radius 3 is 2.40 bits per heavy atom. The number of aryl methyl sites for hydroxylation is 1. The monoisotopic (exact) mass is 1280 g/mol. The number of alkyl carbamates (subject to hydrolysis) is 1. The van der Waals surface area contributed by atoms with Crippen molar-refractivity contribution in [3.05, 3.63) is 105 Å². The lowest BCUT2D eigenvalue weighted by Gasteiger charge is -2.29. The molecule has 0 aliphatic carbocycles. The van der Waals surface area contributed by atoms with Crippen LogP contribution >= 0.6 is 22.7 Å². The molecule has 3 aromatic heterocycles. The number of hydrogen-bond donors (Lipinski definition) is 6. The fourth-order valence-electron chi connectivity index (χ4n) is 9.33. The number of aromatic nitrogens is 4. The zero-order valence-corrected chi connectivity index (χ0v) is 52.6. The van der Waals surface area contributed by atoms with Gasteiger partial charge in [0, 0.05) is 45.9 Å². The summed E-state index contributed by atoms with van der Waals surface area (Å²) in [6, 6.07) is 14.2. The molecule has 0 bridgehead atoms. The Hall–Kier alpha value is -8.96. The van der Waals surface area contributed by atoms with E-state index in [2.05, 4.69) is 69.2 Å². The second-order valence-corrected chi connectivity index (χ2v) is 25.1. The van der Waals surface area contributed by atoms with Crippen molar-refractivity contribution in [2.45, 2.75) is 117 Å². The second-order valence-electron chi connectivity index (χ2n) is 23.0. The van der Waals surface area contributed by atoms with E-state index in [1.165, 1.54) is 23.5 Å². The highest BCUT2D eigenvalue weighted by Gasteiger charge is 2.43. The number of para-hydroxylation sites is 1. The number of rotatable bonds is 25. The van der Waals surface area contributed by atoms with Crippen LogP contribution in [0.1, 0.15) is 103 Å². The highest BCUT2D eigenvalue weighted by atomic mass is 32.1.